The van der Waals surface area contributed by atoms with Gasteiger partial charge in [0.2, 0.25) is 5.91 Å². The lowest BCUT2D eigenvalue weighted by Gasteiger charge is -2.35. The minimum Gasteiger partial charge on any atom is -0.480 e. The van der Waals surface area contributed by atoms with Gasteiger partial charge in [-0.05, 0) is 37.1 Å². The van der Waals surface area contributed by atoms with E-state index in [0.29, 0.717) is 19.5 Å². The van der Waals surface area contributed by atoms with Crippen LogP contribution in [0.3, 0.4) is 0 Å². The first-order chi connectivity index (χ1) is 12.1. The molecule has 7 nitrogen and oxygen atoms in total. The molecule has 0 radical (unpaired) electrons. The number of aliphatic carboxylic acids is 1. The molecule has 2 aliphatic heterocycles. The molecule has 1 amide bonds. The zero-order valence-corrected chi connectivity index (χ0v) is 14.6. The second kappa shape index (κ2) is 6.59. The van der Waals surface area contributed by atoms with Crippen molar-refractivity contribution < 1.29 is 14.7 Å². The number of carbonyl (C=O) groups excluding carboxylic acids is 1. The molecule has 2 saturated heterocycles. The molecule has 2 fully saturated rings. The number of aromatic nitrogens is 2. The fourth-order valence-corrected chi connectivity index (χ4v) is 4.65. The fourth-order valence-electron chi connectivity index (χ4n) is 3.92. The molecule has 0 aromatic carbocycles. The summed E-state index contributed by atoms with van der Waals surface area (Å²) in [5, 5.41) is 12.4. The Balaban J connectivity index is 1.54. The zero-order chi connectivity index (χ0) is 17.4. The minimum atomic E-state index is -0.894. The van der Waals surface area contributed by atoms with Crippen molar-refractivity contribution in [2.45, 2.75) is 31.7 Å². The summed E-state index contributed by atoms with van der Waals surface area (Å²) in [5.74, 6) is -0.211. The van der Waals surface area contributed by atoms with Gasteiger partial charge >= 0.3 is 5.97 Å². The average molecular weight is 360 g/mol. The van der Waals surface area contributed by atoms with E-state index < -0.39 is 12.0 Å². The highest BCUT2D eigenvalue weighted by molar-refractivity contribution is 7.16. The maximum Gasteiger partial charge on any atom is 0.326 e. The van der Waals surface area contributed by atoms with Gasteiger partial charge in [-0.25, -0.2) is 14.8 Å². The number of piperidine rings is 1. The Morgan fingerprint density at radius 1 is 1.20 bits per heavy atom. The molecule has 4 heterocycles. The van der Waals surface area contributed by atoms with Crippen LogP contribution < -0.4 is 4.90 Å². The SMILES string of the molecule is O=C(O)C1CCCN1C(=O)C1CCCN(c2ncnc3sccc23)C1. The van der Waals surface area contributed by atoms with Crippen LogP contribution in [0.25, 0.3) is 10.2 Å². The highest BCUT2D eigenvalue weighted by atomic mass is 32.1. The van der Waals surface area contributed by atoms with Gasteiger partial charge in [0.05, 0.1) is 11.3 Å². The number of nitrogens with zero attached hydrogens (tertiary/aromatic N) is 4. The smallest absolute Gasteiger partial charge is 0.326 e. The molecule has 8 heteroatoms. The van der Waals surface area contributed by atoms with Crippen molar-refractivity contribution in [1.82, 2.24) is 14.9 Å². The number of anilines is 1. The highest BCUT2D eigenvalue weighted by Gasteiger charge is 2.38. The van der Waals surface area contributed by atoms with Crippen molar-refractivity contribution in [2.24, 2.45) is 5.92 Å². The summed E-state index contributed by atoms with van der Waals surface area (Å²) in [4.78, 5) is 37.7. The molecule has 2 aromatic heterocycles. The molecule has 0 bridgehead atoms. The quantitative estimate of drug-likeness (QED) is 0.901. The van der Waals surface area contributed by atoms with E-state index in [4.69, 9.17) is 0 Å². The summed E-state index contributed by atoms with van der Waals surface area (Å²) in [6, 6.07) is 1.35. The van der Waals surface area contributed by atoms with E-state index in [0.717, 1.165) is 41.8 Å². The summed E-state index contributed by atoms with van der Waals surface area (Å²) in [6.07, 6.45) is 4.59. The lowest BCUT2D eigenvalue weighted by Crippen LogP contribution is -2.48. The molecule has 2 atom stereocenters. The normalized spacial score (nSPS) is 24.0. The Bertz CT molecular complexity index is 808. The van der Waals surface area contributed by atoms with Crippen molar-refractivity contribution in [2.75, 3.05) is 24.5 Å². The van der Waals surface area contributed by atoms with Gasteiger partial charge < -0.3 is 14.9 Å². The van der Waals surface area contributed by atoms with Crippen molar-refractivity contribution in [3.05, 3.63) is 17.8 Å². The second-order valence-corrected chi connectivity index (χ2v) is 7.54. The number of hydrogen-bond acceptors (Lipinski definition) is 6. The number of thiophene rings is 1. The maximum absolute atomic E-state index is 12.9. The summed E-state index contributed by atoms with van der Waals surface area (Å²) >= 11 is 1.58. The Hall–Kier alpha value is -2.22. The Morgan fingerprint density at radius 3 is 2.88 bits per heavy atom. The van der Waals surface area contributed by atoms with Crippen molar-refractivity contribution in [3.8, 4) is 0 Å². The second-order valence-electron chi connectivity index (χ2n) is 6.65. The summed E-state index contributed by atoms with van der Waals surface area (Å²) in [5.41, 5.74) is 0. The number of fused-ring (bicyclic) bond motifs is 1. The van der Waals surface area contributed by atoms with Crippen molar-refractivity contribution in [3.63, 3.8) is 0 Å². The predicted molar refractivity (Wildman–Crippen MR) is 94.7 cm³/mol. The Kier molecular flexibility index (Phi) is 4.29. The van der Waals surface area contributed by atoms with Crippen LogP contribution in [-0.2, 0) is 9.59 Å². The van der Waals surface area contributed by atoms with Gasteiger partial charge in [0, 0.05) is 19.6 Å². The van der Waals surface area contributed by atoms with Gasteiger partial charge in [-0.15, -0.1) is 11.3 Å². The molecule has 2 unspecified atom stereocenters. The van der Waals surface area contributed by atoms with Crippen LogP contribution in [0.4, 0.5) is 5.82 Å². The highest BCUT2D eigenvalue weighted by Crippen LogP contribution is 2.31. The molecule has 0 aliphatic carbocycles. The summed E-state index contributed by atoms with van der Waals surface area (Å²) in [6.45, 7) is 1.99. The van der Waals surface area contributed by atoms with E-state index in [2.05, 4.69) is 14.9 Å². The van der Waals surface area contributed by atoms with Gasteiger partial charge in [0.15, 0.2) is 0 Å². The minimum absolute atomic E-state index is 0.0229. The zero-order valence-electron chi connectivity index (χ0n) is 13.8. The number of hydrogen-bond donors (Lipinski definition) is 1. The van der Waals surface area contributed by atoms with Crippen LogP contribution in [0.2, 0.25) is 0 Å². The monoisotopic (exact) mass is 360 g/mol. The topological polar surface area (TPSA) is 86.6 Å². The number of carboxylic acid groups (broad SMARTS) is 1. The fraction of sp³-hybridized carbons (Fsp3) is 0.529. The average Bonchev–Trinajstić information content (AvgIpc) is 3.30. The Morgan fingerprint density at radius 2 is 2.04 bits per heavy atom. The van der Waals surface area contributed by atoms with Crippen LogP contribution in [0, 0.1) is 5.92 Å². The number of likely N-dealkylation sites (tertiary alicyclic amines) is 1. The van der Waals surface area contributed by atoms with Gasteiger partial charge in [-0.1, -0.05) is 0 Å². The third-order valence-electron chi connectivity index (χ3n) is 5.13. The number of amides is 1. The summed E-state index contributed by atoms with van der Waals surface area (Å²) < 4.78 is 0. The molecule has 0 spiro atoms. The molecule has 4 rings (SSSR count). The van der Waals surface area contributed by atoms with Gasteiger partial charge in [-0.3, -0.25) is 4.79 Å². The van der Waals surface area contributed by atoms with E-state index in [1.165, 1.54) is 0 Å². The van der Waals surface area contributed by atoms with E-state index in [1.54, 1.807) is 22.6 Å². The van der Waals surface area contributed by atoms with Crippen LogP contribution in [0.1, 0.15) is 25.7 Å². The first-order valence-corrected chi connectivity index (χ1v) is 9.49. The van der Waals surface area contributed by atoms with Crippen LogP contribution in [0.5, 0.6) is 0 Å². The number of carboxylic acids is 1. The predicted octanol–water partition coefficient (Wildman–Crippen LogP) is 1.98. The third-order valence-corrected chi connectivity index (χ3v) is 5.95. The molecular weight excluding hydrogens is 340 g/mol. The molecular formula is C17H20N4O3S. The standard InChI is InChI=1S/C17H20N4O3S/c22-16(21-7-2-4-13(21)17(23)24)11-3-1-6-20(9-11)14-12-5-8-25-15(12)19-10-18-14/h5,8,10-11,13H,1-4,6-7,9H2,(H,23,24). The van der Waals surface area contributed by atoms with E-state index >= 15 is 0 Å². The van der Waals surface area contributed by atoms with Gasteiger partial charge in [0.25, 0.3) is 0 Å². The lowest BCUT2D eigenvalue weighted by molar-refractivity contribution is -0.150. The van der Waals surface area contributed by atoms with Gasteiger partial charge in [-0.2, -0.15) is 0 Å². The van der Waals surface area contributed by atoms with Crippen molar-refractivity contribution in [1.29, 1.82) is 0 Å². The maximum atomic E-state index is 12.9. The first kappa shape index (κ1) is 16.3. The molecule has 2 aromatic rings. The van der Waals surface area contributed by atoms with Crippen LogP contribution in [0.15, 0.2) is 17.8 Å². The van der Waals surface area contributed by atoms with E-state index in [-0.39, 0.29) is 11.8 Å². The molecule has 25 heavy (non-hydrogen) atoms. The third kappa shape index (κ3) is 2.95. The number of carbonyl (C=O) groups is 2. The van der Waals surface area contributed by atoms with Crippen LogP contribution >= 0.6 is 11.3 Å². The molecule has 2 aliphatic rings. The largest absolute Gasteiger partial charge is 0.480 e. The Labute approximate surface area is 149 Å². The van der Waals surface area contributed by atoms with E-state index in [1.807, 2.05) is 11.4 Å². The molecule has 0 saturated carbocycles. The van der Waals surface area contributed by atoms with E-state index in [9.17, 15) is 14.7 Å². The first-order valence-electron chi connectivity index (χ1n) is 8.61. The molecule has 132 valence electrons. The van der Waals surface area contributed by atoms with Crippen LogP contribution in [-0.4, -0.2) is 57.5 Å². The number of rotatable bonds is 3. The van der Waals surface area contributed by atoms with Crippen molar-refractivity contribution >= 4 is 39.2 Å². The molecule has 1 N–H and O–H groups in total. The van der Waals surface area contributed by atoms with Gasteiger partial charge in [0.1, 0.15) is 23.0 Å². The lowest BCUT2D eigenvalue weighted by atomic mass is 9.96. The summed E-state index contributed by atoms with van der Waals surface area (Å²) in [7, 11) is 0.